The van der Waals surface area contributed by atoms with E-state index in [1.54, 1.807) is 18.3 Å². The Morgan fingerprint density at radius 3 is 2.35 bits per heavy atom. The first-order valence-electron chi connectivity index (χ1n) is 10.3. The number of pyridine rings is 1. The number of thiophene rings is 1. The number of hydrogen-bond donors (Lipinski definition) is 1. The van der Waals surface area contributed by atoms with Crippen molar-refractivity contribution in [1.82, 2.24) is 14.6 Å². The highest BCUT2D eigenvalue weighted by Crippen LogP contribution is 2.30. The van der Waals surface area contributed by atoms with Gasteiger partial charge in [-0.15, -0.1) is 11.3 Å². The van der Waals surface area contributed by atoms with Gasteiger partial charge in [0.2, 0.25) is 10.0 Å². The minimum atomic E-state index is -4.54. The fourth-order valence-corrected chi connectivity index (χ4v) is 5.67. The van der Waals surface area contributed by atoms with Gasteiger partial charge < -0.3 is 10.2 Å². The number of hydrogen-bond acceptors (Lipinski definition) is 6. The van der Waals surface area contributed by atoms with Crippen molar-refractivity contribution in [3.63, 3.8) is 0 Å². The van der Waals surface area contributed by atoms with E-state index in [4.69, 9.17) is 0 Å². The fourth-order valence-electron chi connectivity index (χ4n) is 3.61. The van der Waals surface area contributed by atoms with Crippen LogP contribution in [0.4, 0.5) is 19.0 Å². The van der Waals surface area contributed by atoms with Crippen LogP contribution in [0.1, 0.15) is 20.8 Å². The number of amides is 1. The number of carbonyl (C=O) groups is 1. The molecule has 180 valence electrons. The molecule has 1 fully saturated rings. The number of piperazine rings is 1. The number of benzene rings is 1. The SMILES string of the molecule is O=C(NCc1cccs1)c1cccnc1N1CCN(S(=O)(=O)c2ccc(C(F)(F)F)cc2)CC1. The summed E-state index contributed by atoms with van der Waals surface area (Å²) in [7, 11) is -3.95. The summed E-state index contributed by atoms with van der Waals surface area (Å²) in [4.78, 5) is 19.7. The summed E-state index contributed by atoms with van der Waals surface area (Å²) in [6, 6.07) is 10.6. The van der Waals surface area contributed by atoms with E-state index in [1.807, 2.05) is 22.4 Å². The molecule has 0 spiro atoms. The van der Waals surface area contributed by atoms with Gasteiger partial charge in [-0.3, -0.25) is 4.79 Å². The maximum Gasteiger partial charge on any atom is 0.416 e. The fraction of sp³-hybridized carbons (Fsp3) is 0.273. The third-order valence-corrected chi connectivity index (χ3v) is 8.18. The summed E-state index contributed by atoms with van der Waals surface area (Å²) in [5, 5.41) is 4.79. The molecule has 7 nitrogen and oxygen atoms in total. The Labute approximate surface area is 198 Å². The molecule has 1 aliphatic rings. The van der Waals surface area contributed by atoms with Crippen molar-refractivity contribution in [3.8, 4) is 0 Å². The Bertz CT molecular complexity index is 1240. The Morgan fingerprint density at radius 2 is 1.74 bits per heavy atom. The number of rotatable bonds is 6. The molecule has 1 N–H and O–H groups in total. The van der Waals surface area contributed by atoms with Crippen molar-refractivity contribution >= 4 is 33.1 Å². The van der Waals surface area contributed by atoms with E-state index in [9.17, 15) is 26.4 Å². The molecule has 1 aliphatic heterocycles. The quantitative estimate of drug-likeness (QED) is 0.548. The number of carbonyl (C=O) groups excluding carboxylic acids is 1. The van der Waals surface area contributed by atoms with Gasteiger partial charge in [0.15, 0.2) is 0 Å². The van der Waals surface area contributed by atoms with E-state index < -0.39 is 21.8 Å². The van der Waals surface area contributed by atoms with Gasteiger partial charge in [0.05, 0.1) is 22.6 Å². The maximum atomic E-state index is 12.9. The molecule has 0 radical (unpaired) electrons. The highest BCUT2D eigenvalue weighted by Gasteiger charge is 2.33. The summed E-state index contributed by atoms with van der Waals surface area (Å²) in [5.74, 6) is 0.175. The molecule has 1 aromatic carbocycles. The van der Waals surface area contributed by atoms with Gasteiger partial charge >= 0.3 is 6.18 Å². The molecule has 34 heavy (non-hydrogen) atoms. The van der Waals surface area contributed by atoms with Gasteiger partial charge in [-0.1, -0.05) is 6.07 Å². The van der Waals surface area contributed by atoms with Crippen molar-refractivity contribution < 1.29 is 26.4 Å². The molecule has 1 amide bonds. The van der Waals surface area contributed by atoms with Gasteiger partial charge in [-0.05, 0) is 47.8 Å². The second kappa shape index (κ2) is 9.72. The molecule has 0 saturated carbocycles. The predicted octanol–water partition coefficient (Wildman–Crippen LogP) is 3.60. The minimum Gasteiger partial charge on any atom is -0.353 e. The number of nitrogens with one attached hydrogen (secondary N) is 1. The van der Waals surface area contributed by atoms with E-state index in [2.05, 4.69) is 10.3 Å². The van der Waals surface area contributed by atoms with Crippen LogP contribution in [0.3, 0.4) is 0 Å². The highest BCUT2D eigenvalue weighted by atomic mass is 32.2. The van der Waals surface area contributed by atoms with Crippen LogP contribution < -0.4 is 10.2 Å². The van der Waals surface area contributed by atoms with Crippen LogP contribution in [0.25, 0.3) is 0 Å². The van der Waals surface area contributed by atoms with Crippen molar-refractivity contribution in [2.45, 2.75) is 17.6 Å². The average Bonchev–Trinajstić information content (AvgIpc) is 3.36. The lowest BCUT2D eigenvalue weighted by Crippen LogP contribution is -2.49. The Morgan fingerprint density at radius 1 is 1.03 bits per heavy atom. The van der Waals surface area contributed by atoms with E-state index in [-0.39, 0.29) is 37.0 Å². The number of sulfonamides is 1. The highest BCUT2D eigenvalue weighted by molar-refractivity contribution is 7.89. The lowest BCUT2D eigenvalue weighted by molar-refractivity contribution is -0.137. The first-order chi connectivity index (χ1) is 16.2. The lowest BCUT2D eigenvalue weighted by atomic mass is 10.2. The van der Waals surface area contributed by atoms with Crippen LogP contribution >= 0.6 is 11.3 Å². The second-order valence-corrected chi connectivity index (χ2v) is 10.5. The smallest absolute Gasteiger partial charge is 0.353 e. The molecule has 12 heteroatoms. The van der Waals surface area contributed by atoms with Gasteiger partial charge in [0.25, 0.3) is 5.91 Å². The van der Waals surface area contributed by atoms with Crippen molar-refractivity contribution in [3.05, 3.63) is 76.1 Å². The van der Waals surface area contributed by atoms with Crippen LogP contribution in [0.2, 0.25) is 0 Å². The lowest BCUT2D eigenvalue weighted by Gasteiger charge is -2.35. The molecule has 3 aromatic rings. The minimum absolute atomic E-state index is 0.107. The molecule has 2 aromatic heterocycles. The first kappa shape index (κ1) is 24.2. The van der Waals surface area contributed by atoms with Crippen LogP contribution in [-0.4, -0.2) is 49.8 Å². The zero-order valence-corrected chi connectivity index (χ0v) is 19.5. The zero-order chi connectivity index (χ0) is 24.3. The number of nitrogens with zero attached hydrogens (tertiary/aromatic N) is 3. The summed E-state index contributed by atoms with van der Waals surface area (Å²) in [6.45, 7) is 1.17. The zero-order valence-electron chi connectivity index (χ0n) is 17.8. The monoisotopic (exact) mass is 510 g/mol. The predicted molar refractivity (Wildman–Crippen MR) is 122 cm³/mol. The third kappa shape index (κ3) is 5.24. The second-order valence-electron chi connectivity index (χ2n) is 7.55. The number of halogens is 3. The molecular weight excluding hydrogens is 489 g/mol. The van der Waals surface area contributed by atoms with Gasteiger partial charge in [-0.2, -0.15) is 17.5 Å². The molecule has 0 bridgehead atoms. The van der Waals surface area contributed by atoms with Crippen LogP contribution in [0.5, 0.6) is 0 Å². The normalized spacial score (nSPS) is 15.3. The molecule has 3 heterocycles. The topological polar surface area (TPSA) is 82.6 Å². The van der Waals surface area contributed by atoms with E-state index >= 15 is 0 Å². The Balaban J connectivity index is 1.43. The number of alkyl halides is 3. The first-order valence-corrected chi connectivity index (χ1v) is 12.7. The number of anilines is 1. The van der Waals surface area contributed by atoms with Gasteiger partial charge in [0.1, 0.15) is 5.82 Å². The standard InChI is InChI=1S/C22H21F3N4O3S2/c23-22(24,25)16-5-7-18(8-6-16)34(31,32)29-12-10-28(11-13-29)20-19(4-1-9-26-20)21(30)27-15-17-3-2-14-33-17/h1-9,14H,10-13,15H2,(H,27,30). The van der Waals surface area contributed by atoms with Gasteiger partial charge in [0, 0.05) is 37.3 Å². The molecular formula is C22H21F3N4O3S2. The van der Waals surface area contributed by atoms with Crippen LogP contribution in [0.15, 0.2) is 65.0 Å². The number of aromatic nitrogens is 1. The Hall–Kier alpha value is -2.96. The molecule has 0 unspecified atom stereocenters. The van der Waals surface area contributed by atoms with E-state index in [0.717, 1.165) is 29.1 Å². The van der Waals surface area contributed by atoms with Crippen molar-refractivity contribution in [2.24, 2.45) is 0 Å². The molecule has 1 saturated heterocycles. The molecule has 4 rings (SSSR count). The maximum absolute atomic E-state index is 12.9. The van der Waals surface area contributed by atoms with Crippen LogP contribution in [0, 0.1) is 0 Å². The van der Waals surface area contributed by atoms with E-state index in [1.165, 1.54) is 15.6 Å². The van der Waals surface area contributed by atoms with Crippen molar-refractivity contribution in [1.29, 1.82) is 0 Å². The average molecular weight is 511 g/mol. The summed E-state index contributed by atoms with van der Waals surface area (Å²) in [6.07, 6.45) is -2.97. The molecule has 0 atom stereocenters. The largest absolute Gasteiger partial charge is 0.416 e. The Kier molecular flexibility index (Phi) is 6.91. The van der Waals surface area contributed by atoms with Crippen LogP contribution in [-0.2, 0) is 22.7 Å². The summed E-state index contributed by atoms with van der Waals surface area (Å²) in [5.41, 5.74) is -0.519. The summed E-state index contributed by atoms with van der Waals surface area (Å²) >= 11 is 1.54. The third-order valence-electron chi connectivity index (χ3n) is 5.39. The van der Waals surface area contributed by atoms with Crippen molar-refractivity contribution in [2.75, 3.05) is 31.1 Å². The molecule has 0 aliphatic carbocycles. The summed E-state index contributed by atoms with van der Waals surface area (Å²) < 4.78 is 65.4. The van der Waals surface area contributed by atoms with Gasteiger partial charge in [-0.25, -0.2) is 13.4 Å². The van der Waals surface area contributed by atoms with E-state index in [0.29, 0.717) is 17.9 Å².